The summed E-state index contributed by atoms with van der Waals surface area (Å²) in [4.78, 5) is 11.8. The fourth-order valence-corrected chi connectivity index (χ4v) is 4.19. The van der Waals surface area contributed by atoms with E-state index >= 15 is 0 Å². The second-order valence-corrected chi connectivity index (χ2v) is 9.84. The van der Waals surface area contributed by atoms with Crippen LogP contribution in [0.5, 0.6) is 0 Å². The van der Waals surface area contributed by atoms with Gasteiger partial charge in [-0.1, -0.05) is 0 Å². The lowest BCUT2D eigenvalue weighted by atomic mass is 9.24. The highest BCUT2D eigenvalue weighted by Crippen LogP contribution is 2.80. The Kier molecular flexibility index (Phi) is 3.46. The van der Waals surface area contributed by atoms with Crippen LogP contribution in [0.2, 0.25) is 5.31 Å². The highest BCUT2D eigenvalue weighted by atomic mass is 16.7. The molecule has 1 saturated heterocycles. The van der Waals surface area contributed by atoms with Gasteiger partial charge in [-0.25, -0.2) is 4.79 Å². The van der Waals surface area contributed by atoms with Gasteiger partial charge >= 0.3 is 13.2 Å². The Morgan fingerprint density at radius 1 is 1.09 bits per heavy atom. The Hall–Kier alpha value is -0.745. The van der Waals surface area contributed by atoms with Gasteiger partial charge in [0.1, 0.15) is 5.60 Å². The van der Waals surface area contributed by atoms with E-state index in [0.29, 0.717) is 6.54 Å². The van der Waals surface area contributed by atoms with E-state index in [2.05, 4.69) is 33.0 Å². The molecule has 0 atom stereocenters. The molecule has 1 N–H and O–H groups in total. The van der Waals surface area contributed by atoms with Crippen LogP contribution in [-0.2, 0) is 14.0 Å². The lowest BCUT2D eigenvalue weighted by molar-refractivity contribution is -0.107. The van der Waals surface area contributed by atoms with Gasteiger partial charge in [0.15, 0.2) is 0 Å². The molecule has 2 bridgehead atoms. The summed E-state index contributed by atoms with van der Waals surface area (Å²) in [5.41, 5.74) is -0.766. The first-order valence-electron chi connectivity index (χ1n) is 8.61. The Labute approximate surface area is 140 Å². The summed E-state index contributed by atoms with van der Waals surface area (Å²) in [7, 11) is -0.115. The summed E-state index contributed by atoms with van der Waals surface area (Å²) in [6.07, 6.45) is 2.86. The van der Waals surface area contributed by atoms with Crippen LogP contribution in [0.4, 0.5) is 4.79 Å². The quantitative estimate of drug-likeness (QED) is 0.807. The number of carbonyl (C=O) groups is 1. The van der Waals surface area contributed by atoms with Gasteiger partial charge in [0.2, 0.25) is 0 Å². The van der Waals surface area contributed by atoms with E-state index in [1.165, 1.54) is 0 Å². The van der Waals surface area contributed by atoms with Crippen LogP contribution in [0.1, 0.15) is 67.7 Å². The second kappa shape index (κ2) is 4.66. The number of hydrogen-bond donors (Lipinski definition) is 1. The molecule has 1 amide bonds. The number of amides is 1. The Morgan fingerprint density at radius 3 is 2.00 bits per heavy atom. The number of ether oxygens (including phenoxy) is 1. The molecule has 0 radical (unpaired) electrons. The SMILES string of the molecule is CC(C)(C)OC(=O)NCC12CC(B3OC(C)(C)C(C)(C)O3)(C1)C2. The third-order valence-corrected chi connectivity index (χ3v) is 5.94. The zero-order chi connectivity index (χ0) is 17.3. The number of carbonyl (C=O) groups excluding carboxylic acids is 1. The highest BCUT2D eigenvalue weighted by molar-refractivity contribution is 6.51. The third kappa shape index (κ3) is 2.78. The maximum Gasteiger partial charge on any atom is 0.464 e. The predicted octanol–water partition coefficient (Wildman–Crippen LogP) is 3.53. The largest absolute Gasteiger partial charge is 0.464 e. The first-order valence-corrected chi connectivity index (χ1v) is 8.61. The average molecular weight is 323 g/mol. The molecule has 1 heterocycles. The van der Waals surface area contributed by atoms with Crippen LogP contribution in [0, 0.1) is 5.41 Å². The van der Waals surface area contributed by atoms with Crippen LogP contribution >= 0.6 is 0 Å². The van der Waals surface area contributed by atoms with E-state index < -0.39 is 5.60 Å². The fraction of sp³-hybridized carbons (Fsp3) is 0.941. The van der Waals surface area contributed by atoms with Crippen molar-refractivity contribution in [2.75, 3.05) is 6.54 Å². The minimum Gasteiger partial charge on any atom is -0.444 e. The summed E-state index contributed by atoms with van der Waals surface area (Å²) >= 11 is 0. The fourth-order valence-electron chi connectivity index (χ4n) is 4.19. The van der Waals surface area contributed by atoms with Gasteiger partial charge in [-0.05, 0) is 73.1 Å². The van der Waals surface area contributed by atoms with Crippen LogP contribution in [-0.4, -0.2) is 36.6 Å². The molecule has 1 aliphatic heterocycles. The minimum atomic E-state index is -0.451. The van der Waals surface area contributed by atoms with E-state index in [-0.39, 0.29) is 35.1 Å². The number of hydrogen-bond acceptors (Lipinski definition) is 4. The van der Waals surface area contributed by atoms with Crippen LogP contribution in [0.25, 0.3) is 0 Å². The standard InChI is InChI=1S/C17H30BNO4/c1-13(2,3)21-12(20)19-11-16-8-17(9-16,10-16)18-22-14(4,5)15(6,7)23-18/h8-11H2,1-7H3,(H,19,20). The second-order valence-electron chi connectivity index (χ2n) is 9.84. The van der Waals surface area contributed by atoms with Crippen LogP contribution in [0.3, 0.4) is 0 Å². The van der Waals surface area contributed by atoms with E-state index in [1.807, 2.05) is 20.8 Å². The summed E-state index contributed by atoms with van der Waals surface area (Å²) in [5, 5.41) is 3.07. The van der Waals surface area contributed by atoms with E-state index in [4.69, 9.17) is 14.0 Å². The molecule has 3 saturated carbocycles. The Bertz CT molecular complexity index is 487. The van der Waals surface area contributed by atoms with Gasteiger partial charge in [0, 0.05) is 11.9 Å². The van der Waals surface area contributed by atoms with Crippen molar-refractivity contribution in [2.24, 2.45) is 5.41 Å². The van der Waals surface area contributed by atoms with Crippen LogP contribution in [0.15, 0.2) is 0 Å². The van der Waals surface area contributed by atoms with Gasteiger partial charge in [-0.15, -0.1) is 0 Å². The van der Waals surface area contributed by atoms with Crippen molar-refractivity contribution >= 4 is 13.2 Å². The normalized spacial score (nSPS) is 36.9. The molecular formula is C17H30BNO4. The molecule has 0 aromatic carbocycles. The molecule has 0 aromatic heterocycles. The molecule has 4 fully saturated rings. The zero-order valence-electron chi connectivity index (χ0n) is 15.5. The molecular weight excluding hydrogens is 293 g/mol. The molecule has 0 unspecified atom stereocenters. The summed E-state index contributed by atoms with van der Waals surface area (Å²) in [6, 6.07) is 0. The molecule has 0 aromatic rings. The maximum absolute atomic E-state index is 11.8. The van der Waals surface area contributed by atoms with Gasteiger partial charge in [-0.3, -0.25) is 0 Å². The molecule has 0 spiro atoms. The number of rotatable bonds is 3. The molecule has 4 aliphatic rings. The van der Waals surface area contributed by atoms with Crippen molar-refractivity contribution in [3.05, 3.63) is 0 Å². The first kappa shape index (κ1) is 17.1. The maximum atomic E-state index is 11.8. The van der Waals surface area contributed by atoms with E-state index in [1.54, 1.807) is 0 Å². The van der Waals surface area contributed by atoms with Crippen LogP contribution < -0.4 is 5.32 Å². The topological polar surface area (TPSA) is 56.8 Å². The average Bonchev–Trinajstić information content (AvgIpc) is 2.41. The molecule has 5 nitrogen and oxygen atoms in total. The van der Waals surface area contributed by atoms with Gasteiger partial charge in [0.25, 0.3) is 0 Å². The summed E-state index contributed by atoms with van der Waals surface area (Å²) < 4.78 is 17.7. The number of alkyl carbamates (subject to hydrolysis) is 1. The summed E-state index contributed by atoms with van der Waals surface area (Å²) in [6.45, 7) is 14.7. The van der Waals surface area contributed by atoms with Crippen molar-refractivity contribution in [3.8, 4) is 0 Å². The van der Waals surface area contributed by atoms with Crippen molar-refractivity contribution in [1.29, 1.82) is 0 Å². The van der Waals surface area contributed by atoms with Gasteiger partial charge < -0.3 is 19.4 Å². The molecule has 23 heavy (non-hydrogen) atoms. The number of nitrogens with one attached hydrogen (secondary N) is 1. The predicted molar refractivity (Wildman–Crippen MR) is 89.3 cm³/mol. The Balaban J connectivity index is 1.49. The molecule has 6 heteroatoms. The third-order valence-electron chi connectivity index (χ3n) is 5.94. The van der Waals surface area contributed by atoms with Crippen molar-refractivity contribution in [1.82, 2.24) is 5.32 Å². The highest BCUT2D eigenvalue weighted by Gasteiger charge is 2.76. The van der Waals surface area contributed by atoms with E-state index in [9.17, 15) is 4.79 Å². The van der Waals surface area contributed by atoms with Crippen molar-refractivity contribution in [2.45, 2.75) is 89.8 Å². The van der Waals surface area contributed by atoms with Crippen molar-refractivity contribution < 1.29 is 18.8 Å². The van der Waals surface area contributed by atoms with Crippen molar-refractivity contribution in [3.63, 3.8) is 0 Å². The monoisotopic (exact) mass is 323 g/mol. The Morgan fingerprint density at radius 2 is 1.57 bits per heavy atom. The first-order chi connectivity index (χ1) is 10.3. The molecule has 130 valence electrons. The summed E-state index contributed by atoms with van der Waals surface area (Å²) in [5.74, 6) is 0. The molecule has 3 aliphatic carbocycles. The smallest absolute Gasteiger partial charge is 0.444 e. The minimum absolute atomic E-state index is 0.115. The lowest BCUT2D eigenvalue weighted by Crippen LogP contribution is -2.67. The van der Waals surface area contributed by atoms with E-state index in [0.717, 1.165) is 19.3 Å². The molecule has 4 rings (SSSR count). The van der Waals surface area contributed by atoms with Gasteiger partial charge in [-0.2, -0.15) is 0 Å². The lowest BCUT2D eigenvalue weighted by Gasteiger charge is -2.71. The van der Waals surface area contributed by atoms with Gasteiger partial charge in [0.05, 0.1) is 11.2 Å². The zero-order valence-corrected chi connectivity index (χ0v) is 15.5.